The van der Waals surface area contributed by atoms with Crippen molar-refractivity contribution < 1.29 is 22.7 Å². The van der Waals surface area contributed by atoms with Crippen molar-refractivity contribution in [2.75, 3.05) is 5.32 Å². The highest BCUT2D eigenvalue weighted by atomic mass is 19.4. The highest BCUT2D eigenvalue weighted by Crippen LogP contribution is 2.42. The molecule has 1 unspecified atom stereocenters. The number of ether oxygens (including phenoxy) is 1. The van der Waals surface area contributed by atoms with Gasteiger partial charge in [-0.25, -0.2) is 4.79 Å². The fraction of sp³-hybridized carbons (Fsp3) is 0.538. The Hall–Kier alpha value is -1.79. The first-order valence-electron chi connectivity index (χ1n) is 6.26. The number of rotatable bonds is 2. The summed E-state index contributed by atoms with van der Waals surface area (Å²) in [5, 5.41) is 2.29. The first-order valence-corrected chi connectivity index (χ1v) is 6.26. The van der Waals surface area contributed by atoms with Gasteiger partial charge in [0.25, 0.3) is 0 Å². The number of alkyl halides is 3. The molecule has 0 saturated heterocycles. The Bertz CT molecular complexity index is 517. The van der Waals surface area contributed by atoms with E-state index in [0.717, 1.165) is 0 Å². The number of fused-ring (bicyclic) bond motifs is 1. The van der Waals surface area contributed by atoms with Gasteiger partial charge in [0.2, 0.25) is 5.54 Å². The SMILES string of the molecule is CC(C)OC(=O)C1(C(F)(F)F)CCc2ncccc2N1. The molecule has 1 aromatic rings. The van der Waals surface area contributed by atoms with Gasteiger partial charge in [0, 0.05) is 6.20 Å². The molecule has 7 heteroatoms. The maximum absolute atomic E-state index is 13.4. The van der Waals surface area contributed by atoms with Gasteiger partial charge in [-0.3, -0.25) is 4.98 Å². The van der Waals surface area contributed by atoms with Gasteiger partial charge in [-0.15, -0.1) is 0 Å². The van der Waals surface area contributed by atoms with Crippen molar-refractivity contribution in [3.05, 3.63) is 24.0 Å². The number of nitrogens with one attached hydrogen (secondary N) is 1. The standard InChI is InChI=1S/C13H15F3N2O2/c1-8(2)20-11(19)12(13(14,15)16)6-5-9-10(18-12)4-3-7-17-9/h3-4,7-8,18H,5-6H2,1-2H3. The molecule has 0 spiro atoms. The lowest BCUT2D eigenvalue weighted by Gasteiger charge is -2.38. The molecular formula is C13H15F3N2O2. The molecule has 0 bridgehead atoms. The largest absolute Gasteiger partial charge is 0.461 e. The van der Waals surface area contributed by atoms with E-state index in [1.807, 2.05) is 0 Å². The number of anilines is 1. The van der Waals surface area contributed by atoms with Crippen LogP contribution >= 0.6 is 0 Å². The Morgan fingerprint density at radius 2 is 2.20 bits per heavy atom. The fourth-order valence-electron chi connectivity index (χ4n) is 2.15. The van der Waals surface area contributed by atoms with Crippen molar-refractivity contribution in [2.24, 2.45) is 0 Å². The summed E-state index contributed by atoms with van der Waals surface area (Å²) < 4.78 is 45.0. The Kier molecular flexibility index (Phi) is 3.62. The van der Waals surface area contributed by atoms with Gasteiger partial charge in [-0.05, 0) is 38.8 Å². The van der Waals surface area contributed by atoms with Gasteiger partial charge < -0.3 is 10.1 Å². The first-order chi connectivity index (χ1) is 9.26. The lowest BCUT2D eigenvalue weighted by molar-refractivity contribution is -0.204. The van der Waals surface area contributed by atoms with Crippen LogP contribution in [0.3, 0.4) is 0 Å². The zero-order chi connectivity index (χ0) is 15.0. The topological polar surface area (TPSA) is 51.2 Å². The van der Waals surface area contributed by atoms with Gasteiger partial charge in [0.1, 0.15) is 0 Å². The molecular weight excluding hydrogens is 273 g/mol. The number of nitrogens with zero attached hydrogens (tertiary/aromatic N) is 1. The van der Waals surface area contributed by atoms with Crippen LogP contribution in [0.1, 0.15) is 26.0 Å². The summed E-state index contributed by atoms with van der Waals surface area (Å²) in [6.07, 6.45) is -4.21. The summed E-state index contributed by atoms with van der Waals surface area (Å²) in [5.41, 5.74) is -1.96. The average Bonchev–Trinajstić information content (AvgIpc) is 2.35. The third kappa shape index (κ3) is 2.44. The van der Waals surface area contributed by atoms with Gasteiger partial charge in [0.15, 0.2) is 0 Å². The van der Waals surface area contributed by atoms with E-state index in [4.69, 9.17) is 4.74 Å². The minimum atomic E-state index is -4.74. The Morgan fingerprint density at radius 3 is 2.80 bits per heavy atom. The van der Waals surface area contributed by atoms with Crippen LogP contribution in [0, 0.1) is 0 Å². The van der Waals surface area contributed by atoms with Crippen molar-refractivity contribution in [3.8, 4) is 0 Å². The Labute approximate surface area is 114 Å². The van der Waals surface area contributed by atoms with Crippen LogP contribution < -0.4 is 5.32 Å². The molecule has 20 heavy (non-hydrogen) atoms. The summed E-state index contributed by atoms with van der Waals surface area (Å²) in [6.45, 7) is 3.03. The third-order valence-corrected chi connectivity index (χ3v) is 3.15. The second-order valence-corrected chi connectivity index (χ2v) is 4.98. The number of hydrogen-bond acceptors (Lipinski definition) is 4. The predicted molar refractivity (Wildman–Crippen MR) is 66.2 cm³/mol. The fourth-order valence-corrected chi connectivity index (χ4v) is 2.15. The third-order valence-electron chi connectivity index (χ3n) is 3.15. The van der Waals surface area contributed by atoms with Crippen LogP contribution in [-0.4, -0.2) is 28.8 Å². The molecule has 0 fully saturated rings. The van der Waals surface area contributed by atoms with Crippen molar-refractivity contribution in [2.45, 2.75) is 44.5 Å². The first kappa shape index (κ1) is 14.6. The number of esters is 1. The van der Waals surface area contributed by atoms with E-state index in [-0.39, 0.29) is 12.1 Å². The van der Waals surface area contributed by atoms with E-state index in [1.54, 1.807) is 0 Å². The number of halogens is 3. The van der Waals surface area contributed by atoms with Crippen molar-refractivity contribution in [3.63, 3.8) is 0 Å². The molecule has 0 radical (unpaired) electrons. The highest BCUT2D eigenvalue weighted by molar-refractivity contribution is 5.87. The number of aryl methyl sites for hydroxylation is 1. The highest BCUT2D eigenvalue weighted by Gasteiger charge is 2.63. The van der Waals surface area contributed by atoms with Crippen molar-refractivity contribution in [1.29, 1.82) is 0 Å². The maximum atomic E-state index is 13.4. The molecule has 0 aromatic carbocycles. The van der Waals surface area contributed by atoms with E-state index >= 15 is 0 Å². The molecule has 2 rings (SSSR count). The summed E-state index contributed by atoms with van der Waals surface area (Å²) in [5.74, 6) is -1.30. The lowest BCUT2D eigenvalue weighted by Crippen LogP contribution is -2.60. The van der Waals surface area contributed by atoms with E-state index in [9.17, 15) is 18.0 Å². The zero-order valence-electron chi connectivity index (χ0n) is 11.1. The predicted octanol–water partition coefficient (Wildman–Crippen LogP) is 2.69. The number of aromatic nitrogens is 1. The van der Waals surface area contributed by atoms with Crippen LogP contribution in [0.25, 0.3) is 0 Å². The van der Waals surface area contributed by atoms with E-state index in [1.165, 1.54) is 32.2 Å². The van der Waals surface area contributed by atoms with E-state index < -0.39 is 30.2 Å². The zero-order valence-corrected chi connectivity index (χ0v) is 11.1. The molecule has 0 amide bonds. The number of hydrogen-bond donors (Lipinski definition) is 1. The summed E-state index contributed by atoms with van der Waals surface area (Å²) in [7, 11) is 0. The summed E-state index contributed by atoms with van der Waals surface area (Å²) in [6, 6.07) is 3.00. The summed E-state index contributed by atoms with van der Waals surface area (Å²) in [4.78, 5) is 16.0. The molecule has 4 nitrogen and oxygen atoms in total. The van der Waals surface area contributed by atoms with E-state index in [2.05, 4.69) is 10.3 Å². The molecule has 2 heterocycles. The Morgan fingerprint density at radius 1 is 1.50 bits per heavy atom. The van der Waals surface area contributed by atoms with Crippen LogP contribution in [0.15, 0.2) is 18.3 Å². The molecule has 1 N–H and O–H groups in total. The van der Waals surface area contributed by atoms with Crippen molar-refractivity contribution >= 4 is 11.7 Å². The molecule has 1 aliphatic heterocycles. The average molecular weight is 288 g/mol. The van der Waals surface area contributed by atoms with Crippen LogP contribution in [0.2, 0.25) is 0 Å². The molecule has 1 aliphatic rings. The van der Waals surface area contributed by atoms with E-state index in [0.29, 0.717) is 5.69 Å². The molecule has 1 aromatic heterocycles. The van der Waals surface area contributed by atoms with Gasteiger partial charge in [-0.2, -0.15) is 13.2 Å². The van der Waals surface area contributed by atoms with Crippen LogP contribution in [-0.2, 0) is 16.0 Å². The minimum absolute atomic E-state index is 0.0654. The maximum Gasteiger partial charge on any atom is 0.422 e. The normalized spacial score (nSPS) is 22.1. The van der Waals surface area contributed by atoms with Crippen LogP contribution in [0.5, 0.6) is 0 Å². The van der Waals surface area contributed by atoms with Gasteiger partial charge in [-0.1, -0.05) is 0 Å². The Balaban J connectivity index is 2.39. The minimum Gasteiger partial charge on any atom is -0.461 e. The molecule has 1 atom stereocenters. The quantitative estimate of drug-likeness (QED) is 0.850. The molecule has 0 aliphatic carbocycles. The second kappa shape index (κ2) is 4.96. The number of carbonyl (C=O) groups is 1. The molecule has 0 saturated carbocycles. The monoisotopic (exact) mass is 288 g/mol. The lowest BCUT2D eigenvalue weighted by atomic mass is 9.87. The second-order valence-electron chi connectivity index (χ2n) is 4.98. The summed E-state index contributed by atoms with van der Waals surface area (Å²) >= 11 is 0. The molecule has 110 valence electrons. The van der Waals surface area contributed by atoms with Crippen molar-refractivity contribution in [1.82, 2.24) is 4.98 Å². The number of carbonyl (C=O) groups excluding carboxylic acids is 1. The van der Waals surface area contributed by atoms with Gasteiger partial charge in [0.05, 0.1) is 17.5 Å². The van der Waals surface area contributed by atoms with Crippen LogP contribution in [0.4, 0.5) is 18.9 Å². The smallest absolute Gasteiger partial charge is 0.422 e. The van der Waals surface area contributed by atoms with Gasteiger partial charge >= 0.3 is 12.1 Å². The number of pyridine rings is 1.